The third-order valence-corrected chi connectivity index (χ3v) is 7.37. The number of aromatic nitrogens is 2. The molecule has 5 rings (SSSR count). The van der Waals surface area contributed by atoms with Crippen LogP contribution in [-0.4, -0.2) is 89.5 Å². The van der Waals surface area contributed by atoms with E-state index in [9.17, 15) is 14.0 Å². The average Bonchev–Trinajstić information content (AvgIpc) is 3.20. The summed E-state index contributed by atoms with van der Waals surface area (Å²) in [6, 6.07) is 17.8. The third kappa shape index (κ3) is 6.85. The van der Waals surface area contributed by atoms with Crippen LogP contribution in [0, 0.1) is 5.82 Å². The first-order valence-corrected chi connectivity index (χ1v) is 13.4. The lowest BCUT2D eigenvalue weighted by Crippen LogP contribution is -2.46. The minimum absolute atomic E-state index is 0.107. The number of aromatic amines is 1. The average molecular weight is 519 g/mol. The number of H-pyrrole nitrogens is 1. The Morgan fingerprint density at radius 1 is 0.868 bits per heavy atom. The number of carbonyl (C=O) groups excluding carboxylic acids is 1. The summed E-state index contributed by atoms with van der Waals surface area (Å²) < 4.78 is 13.2. The fourth-order valence-corrected chi connectivity index (χ4v) is 5.16. The molecule has 2 fully saturated rings. The Kier molecular flexibility index (Phi) is 8.45. The lowest BCUT2D eigenvalue weighted by molar-refractivity contribution is 0.0767. The summed E-state index contributed by atoms with van der Waals surface area (Å²) >= 11 is 0. The lowest BCUT2D eigenvalue weighted by Gasteiger charge is -2.34. The van der Waals surface area contributed by atoms with Gasteiger partial charge < -0.3 is 14.7 Å². The Labute approximate surface area is 222 Å². The molecular weight excluding hydrogens is 483 g/mol. The summed E-state index contributed by atoms with van der Waals surface area (Å²) in [6.45, 7) is 7.98. The highest BCUT2D eigenvalue weighted by atomic mass is 19.1. The second kappa shape index (κ2) is 12.3. The minimum Gasteiger partial charge on any atom is -0.340 e. The van der Waals surface area contributed by atoms with Crippen LogP contribution in [-0.2, 0) is 13.0 Å². The van der Waals surface area contributed by atoms with Crippen LogP contribution >= 0.6 is 0 Å². The van der Waals surface area contributed by atoms with Gasteiger partial charge in [0.25, 0.3) is 11.5 Å². The van der Waals surface area contributed by atoms with Gasteiger partial charge in [-0.15, -0.1) is 0 Å². The molecule has 2 aliphatic heterocycles. The van der Waals surface area contributed by atoms with Crippen LogP contribution in [0.15, 0.2) is 65.5 Å². The van der Waals surface area contributed by atoms with Gasteiger partial charge in [-0.3, -0.25) is 19.5 Å². The van der Waals surface area contributed by atoms with Gasteiger partial charge in [0, 0.05) is 77.1 Å². The summed E-state index contributed by atoms with van der Waals surface area (Å²) in [5.74, 6) is 0.0958. The van der Waals surface area contributed by atoms with Crippen LogP contribution in [0.25, 0.3) is 0 Å². The molecule has 0 bridgehead atoms. The van der Waals surface area contributed by atoms with E-state index in [1.165, 1.54) is 29.8 Å². The highest BCUT2D eigenvalue weighted by Crippen LogP contribution is 2.15. The Hall–Kier alpha value is -3.56. The molecule has 200 valence electrons. The van der Waals surface area contributed by atoms with Crippen LogP contribution in [0.5, 0.6) is 0 Å². The summed E-state index contributed by atoms with van der Waals surface area (Å²) in [7, 11) is 0. The maximum absolute atomic E-state index is 13.2. The second-order valence-corrected chi connectivity index (χ2v) is 10.1. The molecule has 0 spiro atoms. The van der Waals surface area contributed by atoms with Crippen molar-refractivity contribution in [1.82, 2.24) is 24.7 Å². The third-order valence-electron chi connectivity index (χ3n) is 7.37. The number of amides is 1. The van der Waals surface area contributed by atoms with Gasteiger partial charge in [-0.1, -0.05) is 30.3 Å². The highest BCUT2D eigenvalue weighted by molar-refractivity contribution is 5.94. The molecule has 1 aromatic heterocycles. The summed E-state index contributed by atoms with van der Waals surface area (Å²) in [5, 5.41) is 0. The van der Waals surface area contributed by atoms with E-state index in [-0.39, 0.29) is 17.3 Å². The van der Waals surface area contributed by atoms with Crippen molar-refractivity contribution in [1.29, 1.82) is 0 Å². The molecule has 2 aliphatic rings. The molecular formula is C29H35FN6O2. The van der Waals surface area contributed by atoms with Gasteiger partial charge in [0.2, 0.25) is 5.95 Å². The molecule has 0 aliphatic carbocycles. The van der Waals surface area contributed by atoms with E-state index >= 15 is 0 Å². The summed E-state index contributed by atoms with van der Waals surface area (Å²) in [6.07, 6.45) is 1.81. The van der Waals surface area contributed by atoms with Crippen molar-refractivity contribution in [2.45, 2.75) is 19.4 Å². The van der Waals surface area contributed by atoms with E-state index in [1.807, 2.05) is 4.90 Å². The van der Waals surface area contributed by atoms with Crippen molar-refractivity contribution in [2.75, 3.05) is 63.8 Å². The first-order valence-electron chi connectivity index (χ1n) is 13.4. The van der Waals surface area contributed by atoms with Crippen molar-refractivity contribution in [3.63, 3.8) is 0 Å². The highest BCUT2D eigenvalue weighted by Gasteiger charge is 2.23. The van der Waals surface area contributed by atoms with Crippen LogP contribution < -0.4 is 10.5 Å². The number of anilines is 1. The molecule has 9 heteroatoms. The Morgan fingerprint density at radius 3 is 2.37 bits per heavy atom. The Morgan fingerprint density at radius 2 is 1.61 bits per heavy atom. The van der Waals surface area contributed by atoms with Crippen molar-refractivity contribution in [3.05, 3.63) is 93.7 Å². The number of nitrogens with zero attached hydrogens (tertiary/aromatic N) is 5. The van der Waals surface area contributed by atoms with E-state index in [1.54, 1.807) is 11.0 Å². The molecule has 0 unspecified atom stereocenters. The molecule has 8 nitrogen and oxygen atoms in total. The van der Waals surface area contributed by atoms with Gasteiger partial charge >= 0.3 is 0 Å². The van der Waals surface area contributed by atoms with Crippen molar-refractivity contribution < 1.29 is 9.18 Å². The largest absolute Gasteiger partial charge is 0.340 e. The Balaban J connectivity index is 1.14. The molecule has 0 radical (unpaired) electrons. The van der Waals surface area contributed by atoms with Crippen LogP contribution in [0.1, 0.15) is 28.0 Å². The maximum Gasteiger partial charge on any atom is 0.253 e. The number of nitrogens with one attached hydrogen (secondary N) is 1. The van der Waals surface area contributed by atoms with Crippen LogP contribution in [0.2, 0.25) is 0 Å². The lowest BCUT2D eigenvalue weighted by atomic mass is 10.1. The zero-order chi connectivity index (χ0) is 26.3. The fraction of sp³-hybridized carbons (Fsp3) is 0.414. The van der Waals surface area contributed by atoms with Crippen molar-refractivity contribution in [2.24, 2.45) is 0 Å². The molecule has 1 N–H and O–H groups in total. The quantitative estimate of drug-likeness (QED) is 0.518. The zero-order valence-corrected chi connectivity index (χ0v) is 21.7. The maximum atomic E-state index is 13.2. The number of halogens is 1. The predicted molar refractivity (Wildman–Crippen MR) is 146 cm³/mol. The van der Waals surface area contributed by atoms with E-state index in [0.29, 0.717) is 44.2 Å². The molecule has 0 atom stereocenters. The van der Waals surface area contributed by atoms with E-state index in [4.69, 9.17) is 4.98 Å². The fourth-order valence-electron chi connectivity index (χ4n) is 5.16. The van der Waals surface area contributed by atoms with Crippen LogP contribution in [0.3, 0.4) is 0 Å². The second-order valence-electron chi connectivity index (χ2n) is 10.1. The summed E-state index contributed by atoms with van der Waals surface area (Å²) in [5.41, 5.74) is 2.46. The summed E-state index contributed by atoms with van der Waals surface area (Å²) in [4.78, 5) is 41.7. The SMILES string of the molecule is O=C(c1ccc(F)cc1)N1CCCN(c2nc(CN3CCN(CCc4ccccc4)CC3)cc(=O)[nH]2)CC1. The van der Waals surface area contributed by atoms with E-state index < -0.39 is 0 Å². The monoisotopic (exact) mass is 518 g/mol. The number of piperazine rings is 1. The van der Waals surface area contributed by atoms with Crippen molar-refractivity contribution >= 4 is 11.9 Å². The van der Waals surface area contributed by atoms with Crippen LogP contribution in [0.4, 0.5) is 10.3 Å². The van der Waals surface area contributed by atoms with Gasteiger partial charge in [0.05, 0.1) is 5.69 Å². The number of benzene rings is 2. The van der Waals surface area contributed by atoms with Crippen molar-refractivity contribution in [3.8, 4) is 0 Å². The van der Waals surface area contributed by atoms with Gasteiger partial charge in [0.1, 0.15) is 5.82 Å². The molecule has 2 aromatic carbocycles. The van der Waals surface area contributed by atoms with Gasteiger partial charge in [-0.05, 0) is 42.7 Å². The molecule has 3 heterocycles. The topological polar surface area (TPSA) is 75.8 Å². The standard InChI is InChI=1S/C29H35FN6O2/c30-25-9-7-24(8-10-25)28(38)35-12-4-13-36(20-19-35)29-31-26(21-27(37)32-29)22-34-17-15-33(16-18-34)14-11-23-5-2-1-3-6-23/h1-3,5-10,21H,4,11-20,22H2,(H,31,32,37). The van der Waals surface area contributed by atoms with E-state index in [0.717, 1.165) is 51.3 Å². The molecule has 38 heavy (non-hydrogen) atoms. The van der Waals surface area contributed by atoms with Gasteiger partial charge in [-0.2, -0.15) is 0 Å². The van der Waals surface area contributed by atoms with Gasteiger partial charge in [-0.25, -0.2) is 9.37 Å². The first-order chi connectivity index (χ1) is 18.5. The smallest absolute Gasteiger partial charge is 0.253 e. The van der Waals surface area contributed by atoms with Gasteiger partial charge in [0.15, 0.2) is 0 Å². The molecule has 1 amide bonds. The van der Waals surface area contributed by atoms with E-state index in [2.05, 4.69) is 45.1 Å². The first kappa shape index (κ1) is 26.1. The number of rotatable bonds is 7. The number of carbonyl (C=O) groups is 1. The number of hydrogen-bond acceptors (Lipinski definition) is 6. The number of hydrogen-bond donors (Lipinski definition) is 1. The minimum atomic E-state index is -0.358. The predicted octanol–water partition coefficient (Wildman–Crippen LogP) is 2.62. The zero-order valence-electron chi connectivity index (χ0n) is 21.7. The molecule has 2 saturated heterocycles. The molecule has 3 aromatic rings. The normalized spacial score (nSPS) is 17.4. The molecule has 0 saturated carbocycles. The Bertz CT molecular complexity index is 1260.